The fourth-order valence-corrected chi connectivity index (χ4v) is 4.74. The largest absolute Gasteiger partial charge is 0.550 e. The zero-order valence-electron chi connectivity index (χ0n) is 13.7. The minimum absolute atomic E-state index is 0.0643. The van der Waals surface area contributed by atoms with Gasteiger partial charge in [-0.1, -0.05) is 0 Å². The smallest absolute Gasteiger partial charge is 0.224 e. The lowest BCUT2D eigenvalue weighted by Gasteiger charge is -2.48. The van der Waals surface area contributed by atoms with Gasteiger partial charge in [-0.05, 0) is 37.5 Å². The molecule has 1 heterocycles. The molecule has 1 amide bonds. The van der Waals surface area contributed by atoms with Gasteiger partial charge < -0.3 is 24.9 Å². The number of nitrogens with one attached hydrogen (secondary N) is 2. The predicted molar refractivity (Wildman–Crippen MR) is 81.4 cm³/mol. The Morgan fingerprint density at radius 1 is 1.04 bits per heavy atom. The molecule has 23 heavy (non-hydrogen) atoms. The molecule has 3 aliphatic carbocycles. The van der Waals surface area contributed by atoms with Gasteiger partial charge in [0.2, 0.25) is 5.91 Å². The maximum Gasteiger partial charge on any atom is 0.224 e. The van der Waals surface area contributed by atoms with E-state index in [9.17, 15) is 14.7 Å². The molecular formula is C17H28N2O4. The third-order valence-corrected chi connectivity index (χ3v) is 6.00. The first kappa shape index (κ1) is 16.7. The molecule has 0 aromatic rings. The molecule has 130 valence electrons. The van der Waals surface area contributed by atoms with E-state index in [4.69, 9.17) is 4.74 Å². The van der Waals surface area contributed by atoms with Crippen LogP contribution in [-0.4, -0.2) is 51.3 Å². The van der Waals surface area contributed by atoms with Crippen LogP contribution < -0.4 is 15.3 Å². The van der Waals surface area contributed by atoms with E-state index in [1.54, 1.807) is 0 Å². The summed E-state index contributed by atoms with van der Waals surface area (Å²) in [5, 5.41) is 14.5. The van der Waals surface area contributed by atoms with Gasteiger partial charge in [0.05, 0.1) is 19.8 Å². The molecule has 2 atom stereocenters. The van der Waals surface area contributed by atoms with Crippen molar-refractivity contribution in [2.24, 2.45) is 23.7 Å². The van der Waals surface area contributed by atoms with Crippen molar-refractivity contribution in [1.82, 2.24) is 5.32 Å². The van der Waals surface area contributed by atoms with Gasteiger partial charge in [-0.25, -0.2) is 0 Å². The zero-order chi connectivity index (χ0) is 16.2. The van der Waals surface area contributed by atoms with Crippen molar-refractivity contribution in [3.05, 3.63) is 0 Å². The summed E-state index contributed by atoms with van der Waals surface area (Å²) >= 11 is 0. The molecule has 2 bridgehead atoms. The number of aliphatic carboxylic acids is 1. The Morgan fingerprint density at radius 3 is 2.26 bits per heavy atom. The summed E-state index contributed by atoms with van der Waals surface area (Å²) in [6.07, 6.45) is 4.79. The van der Waals surface area contributed by atoms with E-state index < -0.39 is 11.9 Å². The molecular weight excluding hydrogens is 296 g/mol. The maximum absolute atomic E-state index is 12.5. The van der Waals surface area contributed by atoms with Crippen molar-refractivity contribution in [2.45, 2.75) is 32.1 Å². The second-order valence-electron chi connectivity index (χ2n) is 7.30. The number of carboxylic acids is 1. The molecule has 1 aliphatic heterocycles. The van der Waals surface area contributed by atoms with Gasteiger partial charge in [0.1, 0.15) is 13.1 Å². The van der Waals surface area contributed by atoms with Gasteiger partial charge in [0.25, 0.3) is 0 Å². The normalized spacial score (nSPS) is 34.3. The van der Waals surface area contributed by atoms with Crippen molar-refractivity contribution < 1.29 is 24.3 Å². The monoisotopic (exact) mass is 324 g/mol. The number of hydrogen-bond donors (Lipinski definition) is 2. The number of ether oxygens (including phenoxy) is 1. The Bertz CT molecular complexity index is 428. The number of carbonyl (C=O) groups excluding carboxylic acids is 2. The Balaban J connectivity index is 1.46. The van der Waals surface area contributed by atoms with Gasteiger partial charge in [0.15, 0.2) is 0 Å². The van der Waals surface area contributed by atoms with E-state index >= 15 is 0 Å². The summed E-state index contributed by atoms with van der Waals surface area (Å²) in [5.41, 5.74) is 0. The van der Waals surface area contributed by atoms with Gasteiger partial charge in [-0.15, -0.1) is 0 Å². The van der Waals surface area contributed by atoms with Crippen LogP contribution in [0.1, 0.15) is 32.1 Å². The molecule has 6 nitrogen and oxygen atoms in total. The Labute approximate surface area is 137 Å². The quantitative estimate of drug-likeness (QED) is 0.566. The summed E-state index contributed by atoms with van der Waals surface area (Å²) in [5.74, 6) is -1.68. The van der Waals surface area contributed by atoms with Crippen LogP contribution in [0.4, 0.5) is 0 Å². The molecule has 2 N–H and O–H groups in total. The van der Waals surface area contributed by atoms with Gasteiger partial charge in [-0.3, -0.25) is 4.79 Å². The number of carbonyl (C=O) groups is 2. The average molecular weight is 324 g/mol. The number of morpholine rings is 1. The van der Waals surface area contributed by atoms with Crippen molar-refractivity contribution in [3.63, 3.8) is 0 Å². The highest BCUT2D eigenvalue weighted by atomic mass is 16.5. The summed E-state index contributed by atoms with van der Waals surface area (Å²) in [7, 11) is 0. The molecule has 0 radical (unpaired) electrons. The Kier molecular flexibility index (Phi) is 5.54. The van der Waals surface area contributed by atoms with Crippen molar-refractivity contribution >= 4 is 11.9 Å². The fraction of sp³-hybridized carbons (Fsp3) is 0.882. The molecule has 4 aliphatic rings. The van der Waals surface area contributed by atoms with Crippen LogP contribution >= 0.6 is 0 Å². The van der Waals surface area contributed by atoms with E-state index in [0.29, 0.717) is 6.54 Å². The van der Waals surface area contributed by atoms with E-state index in [0.717, 1.165) is 65.0 Å². The first-order valence-electron chi connectivity index (χ1n) is 9.06. The SMILES string of the molecule is O=C([O-])[C@@H]1C2CCC(CC2)[C@H]1C(=O)NCCC[NH+]1CCOCC1. The van der Waals surface area contributed by atoms with Crippen LogP contribution in [0.5, 0.6) is 0 Å². The molecule has 6 heteroatoms. The van der Waals surface area contributed by atoms with Crippen molar-refractivity contribution in [1.29, 1.82) is 0 Å². The highest BCUT2D eigenvalue weighted by molar-refractivity contribution is 5.85. The second-order valence-corrected chi connectivity index (χ2v) is 7.30. The molecule has 3 saturated carbocycles. The Hall–Kier alpha value is -1.14. The third kappa shape index (κ3) is 3.86. The van der Waals surface area contributed by atoms with Gasteiger partial charge in [0, 0.05) is 30.8 Å². The van der Waals surface area contributed by atoms with E-state index in [1.807, 2.05) is 0 Å². The third-order valence-electron chi connectivity index (χ3n) is 6.00. The molecule has 0 unspecified atom stereocenters. The van der Waals surface area contributed by atoms with Crippen molar-refractivity contribution in [2.75, 3.05) is 39.4 Å². The number of quaternary nitrogens is 1. The minimum Gasteiger partial charge on any atom is -0.550 e. The van der Waals surface area contributed by atoms with Gasteiger partial charge in [-0.2, -0.15) is 0 Å². The van der Waals surface area contributed by atoms with Crippen LogP contribution in [0.15, 0.2) is 0 Å². The first-order chi connectivity index (χ1) is 11.2. The summed E-state index contributed by atoms with van der Waals surface area (Å²) in [6, 6.07) is 0. The van der Waals surface area contributed by atoms with Crippen LogP contribution in [0.3, 0.4) is 0 Å². The highest BCUT2D eigenvalue weighted by Gasteiger charge is 2.47. The minimum atomic E-state index is -1.03. The van der Waals surface area contributed by atoms with E-state index in [-0.39, 0.29) is 23.7 Å². The topological polar surface area (TPSA) is 82.9 Å². The zero-order valence-corrected chi connectivity index (χ0v) is 13.7. The standard InChI is InChI=1S/C17H28N2O4/c20-16(18-6-1-7-19-8-10-23-11-9-19)14-12-2-4-13(5-3-12)15(14)17(21)22/h12-15H,1-11H2,(H,18,20)(H,21,22)/t12?,13?,14-,15-/m1/s1. The second kappa shape index (κ2) is 7.62. The summed E-state index contributed by atoms with van der Waals surface area (Å²) in [4.78, 5) is 25.5. The maximum atomic E-state index is 12.5. The number of rotatable bonds is 6. The number of amides is 1. The molecule has 4 rings (SSSR count). The average Bonchev–Trinajstić information content (AvgIpc) is 2.59. The van der Waals surface area contributed by atoms with E-state index in [2.05, 4.69) is 5.32 Å². The highest BCUT2D eigenvalue weighted by Crippen LogP contribution is 2.48. The van der Waals surface area contributed by atoms with E-state index in [1.165, 1.54) is 4.90 Å². The molecule has 1 saturated heterocycles. The van der Waals surface area contributed by atoms with Crippen LogP contribution in [0.2, 0.25) is 0 Å². The number of fused-ring (bicyclic) bond motifs is 3. The molecule has 0 aromatic heterocycles. The van der Waals surface area contributed by atoms with Gasteiger partial charge >= 0.3 is 0 Å². The van der Waals surface area contributed by atoms with Crippen LogP contribution in [0, 0.1) is 23.7 Å². The predicted octanol–water partition coefficient (Wildman–Crippen LogP) is -1.79. The van der Waals surface area contributed by atoms with Crippen molar-refractivity contribution in [3.8, 4) is 0 Å². The molecule has 0 spiro atoms. The lowest BCUT2D eigenvalue weighted by Crippen LogP contribution is -3.14. The molecule has 0 aromatic carbocycles. The molecule has 4 fully saturated rings. The van der Waals surface area contributed by atoms with Crippen LogP contribution in [0.25, 0.3) is 0 Å². The fourth-order valence-electron chi connectivity index (χ4n) is 4.74. The Morgan fingerprint density at radius 2 is 1.65 bits per heavy atom. The number of carboxylic acid groups (broad SMARTS) is 1. The first-order valence-corrected chi connectivity index (χ1v) is 9.06. The summed E-state index contributed by atoms with van der Waals surface area (Å²) in [6.45, 7) is 5.38. The summed E-state index contributed by atoms with van der Waals surface area (Å²) < 4.78 is 5.33. The lowest BCUT2D eigenvalue weighted by atomic mass is 9.58. The lowest BCUT2D eigenvalue weighted by molar-refractivity contribution is -0.908. The van der Waals surface area contributed by atoms with Crippen LogP contribution in [-0.2, 0) is 14.3 Å². The number of hydrogen-bond acceptors (Lipinski definition) is 4.